The lowest BCUT2D eigenvalue weighted by atomic mass is 10.1. The van der Waals surface area contributed by atoms with Gasteiger partial charge >= 0.3 is 0 Å². The number of aromatic nitrogens is 1. The van der Waals surface area contributed by atoms with Crippen molar-refractivity contribution in [2.45, 2.75) is 25.3 Å². The Kier molecular flexibility index (Phi) is 3.32. The van der Waals surface area contributed by atoms with Crippen molar-refractivity contribution in [2.24, 2.45) is 0 Å². The van der Waals surface area contributed by atoms with Crippen LogP contribution in [0.1, 0.15) is 35.2 Å². The van der Waals surface area contributed by atoms with Crippen molar-refractivity contribution in [1.82, 2.24) is 10.3 Å². The first kappa shape index (κ1) is 12.0. The molecule has 90 valence electrons. The lowest BCUT2D eigenvalue weighted by Crippen LogP contribution is -2.10. The van der Waals surface area contributed by atoms with Crippen molar-refractivity contribution in [2.75, 3.05) is 18.6 Å². The van der Waals surface area contributed by atoms with Gasteiger partial charge in [0.25, 0.3) is 0 Å². The monoisotopic (exact) mass is 260 g/mol. The van der Waals surface area contributed by atoms with Gasteiger partial charge in [0.15, 0.2) is 9.84 Å². The van der Waals surface area contributed by atoms with E-state index in [-0.39, 0.29) is 17.7 Å². The van der Waals surface area contributed by atoms with Gasteiger partial charge in [0.2, 0.25) is 0 Å². The number of rotatable bonds is 3. The highest BCUT2D eigenvalue weighted by Crippen LogP contribution is 2.33. The number of nitrogens with zero attached hydrogens (tertiary/aromatic N) is 1. The number of thiazole rings is 1. The third-order valence-corrected chi connectivity index (χ3v) is 6.09. The molecule has 0 aliphatic carbocycles. The SMILES string of the molecule is CNC(C)c1cnc(C2CCS(=O)(=O)C2)s1. The molecule has 0 saturated carbocycles. The van der Waals surface area contributed by atoms with Gasteiger partial charge in [-0.25, -0.2) is 13.4 Å². The summed E-state index contributed by atoms with van der Waals surface area (Å²) in [6.07, 6.45) is 2.58. The zero-order valence-corrected chi connectivity index (χ0v) is 11.1. The minimum atomic E-state index is -2.81. The van der Waals surface area contributed by atoms with Gasteiger partial charge in [-0.1, -0.05) is 0 Å². The number of nitrogens with one attached hydrogen (secondary N) is 1. The van der Waals surface area contributed by atoms with Crippen molar-refractivity contribution >= 4 is 21.2 Å². The molecule has 1 aliphatic rings. The highest BCUT2D eigenvalue weighted by atomic mass is 32.2. The maximum absolute atomic E-state index is 11.4. The summed E-state index contributed by atoms with van der Waals surface area (Å²) >= 11 is 1.63. The lowest BCUT2D eigenvalue weighted by Gasteiger charge is -2.05. The number of hydrogen-bond donors (Lipinski definition) is 1. The van der Waals surface area contributed by atoms with Crippen LogP contribution in [0.2, 0.25) is 0 Å². The molecule has 0 radical (unpaired) electrons. The third-order valence-electron chi connectivity index (χ3n) is 2.98. The lowest BCUT2D eigenvalue weighted by molar-refractivity contribution is 0.601. The summed E-state index contributed by atoms with van der Waals surface area (Å²) in [6, 6.07) is 0.282. The standard InChI is InChI=1S/C10H16N2O2S2/c1-7(11-2)9-5-12-10(15-9)8-3-4-16(13,14)6-8/h5,7-8,11H,3-4,6H2,1-2H3. The summed E-state index contributed by atoms with van der Waals surface area (Å²) in [4.78, 5) is 5.52. The Balaban J connectivity index is 2.14. The van der Waals surface area contributed by atoms with Gasteiger partial charge in [0.1, 0.15) is 0 Å². The largest absolute Gasteiger partial charge is 0.312 e. The van der Waals surface area contributed by atoms with Crippen LogP contribution < -0.4 is 5.32 Å². The van der Waals surface area contributed by atoms with E-state index in [9.17, 15) is 8.42 Å². The highest BCUT2D eigenvalue weighted by molar-refractivity contribution is 7.91. The average molecular weight is 260 g/mol. The van der Waals surface area contributed by atoms with Crippen molar-refractivity contribution in [3.05, 3.63) is 16.1 Å². The fourth-order valence-corrected chi connectivity index (χ4v) is 4.79. The number of sulfone groups is 1. The van der Waals surface area contributed by atoms with E-state index in [1.807, 2.05) is 13.2 Å². The molecular weight excluding hydrogens is 244 g/mol. The molecule has 1 saturated heterocycles. The molecule has 2 rings (SSSR count). The Morgan fingerprint density at radius 3 is 2.94 bits per heavy atom. The van der Waals surface area contributed by atoms with Crippen LogP contribution in [-0.4, -0.2) is 32.0 Å². The van der Waals surface area contributed by atoms with Gasteiger partial charge in [-0.05, 0) is 20.4 Å². The van der Waals surface area contributed by atoms with E-state index >= 15 is 0 Å². The zero-order chi connectivity index (χ0) is 11.8. The van der Waals surface area contributed by atoms with Crippen LogP contribution in [0.25, 0.3) is 0 Å². The maximum atomic E-state index is 11.4. The molecule has 1 aromatic rings. The predicted octanol–water partition coefficient (Wildman–Crippen LogP) is 1.33. The molecule has 2 unspecified atom stereocenters. The van der Waals surface area contributed by atoms with E-state index < -0.39 is 9.84 Å². The normalized spacial score (nSPS) is 25.8. The van der Waals surface area contributed by atoms with Crippen LogP contribution in [0.3, 0.4) is 0 Å². The summed E-state index contributed by atoms with van der Waals surface area (Å²) in [5.41, 5.74) is 0. The molecule has 16 heavy (non-hydrogen) atoms. The fourth-order valence-electron chi connectivity index (χ4n) is 1.82. The van der Waals surface area contributed by atoms with Gasteiger partial charge < -0.3 is 5.32 Å². The summed E-state index contributed by atoms with van der Waals surface area (Å²) in [7, 11) is -0.902. The van der Waals surface area contributed by atoms with Crippen LogP contribution in [0, 0.1) is 0 Å². The molecule has 1 fully saturated rings. The Morgan fingerprint density at radius 2 is 2.38 bits per heavy atom. The summed E-state index contributed by atoms with van der Waals surface area (Å²) in [6.45, 7) is 2.07. The highest BCUT2D eigenvalue weighted by Gasteiger charge is 2.31. The molecule has 0 aromatic carbocycles. The van der Waals surface area contributed by atoms with Gasteiger partial charge in [-0.2, -0.15) is 0 Å². The smallest absolute Gasteiger partial charge is 0.151 e. The molecule has 0 bridgehead atoms. The van der Waals surface area contributed by atoms with Crippen LogP contribution in [0.4, 0.5) is 0 Å². The first-order valence-electron chi connectivity index (χ1n) is 5.35. The number of hydrogen-bond acceptors (Lipinski definition) is 5. The summed E-state index contributed by atoms with van der Waals surface area (Å²) < 4.78 is 22.8. The molecule has 6 heteroatoms. The Hall–Kier alpha value is -0.460. The molecular formula is C10H16N2O2S2. The van der Waals surface area contributed by atoms with Crippen LogP contribution >= 0.6 is 11.3 Å². The molecule has 2 atom stereocenters. The van der Waals surface area contributed by atoms with E-state index in [1.54, 1.807) is 11.3 Å². The molecule has 0 spiro atoms. The summed E-state index contributed by atoms with van der Waals surface area (Å²) in [5, 5.41) is 4.12. The van der Waals surface area contributed by atoms with Gasteiger partial charge in [-0.15, -0.1) is 11.3 Å². The van der Waals surface area contributed by atoms with E-state index in [4.69, 9.17) is 0 Å². The van der Waals surface area contributed by atoms with Crippen molar-refractivity contribution < 1.29 is 8.42 Å². The van der Waals surface area contributed by atoms with Crippen LogP contribution in [-0.2, 0) is 9.84 Å². The van der Waals surface area contributed by atoms with Gasteiger partial charge in [-0.3, -0.25) is 0 Å². The molecule has 0 amide bonds. The predicted molar refractivity (Wildman–Crippen MR) is 65.6 cm³/mol. The minimum Gasteiger partial charge on any atom is -0.312 e. The van der Waals surface area contributed by atoms with Crippen molar-refractivity contribution in [3.63, 3.8) is 0 Å². The topological polar surface area (TPSA) is 59.1 Å². The zero-order valence-electron chi connectivity index (χ0n) is 9.43. The Labute approximate surface area is 100 Å². The molecule has 1 aromatic heterocycles. The van der Waals surface area contributed by atoms with E-state index in [0.717, 1.165) is 11.4 Å². The average Bonchev–Trinajstić information content (AvgIpc) is 2.83. The Bertz CT molecular complexity index is 467. The van der Waals surface area contributed by atoms with Crippen molar-refractivity contribution in [1.29, 1.82) is 0 Å². The van der Waals surface area contributed by atoms with E-state index in [2.05, 4.69) is 17.2 Å². The van der Waals surface area contributed by atoms with E-state index in [1.165, 1.54) is 4.88 Å². The second kappa shape index (κ2) is 4.43. The molecule has 4 nitrogen and oxygen atoms in total. The van der Waals surface area contributed by atoms with Crippen molar-refractivity contribution in [3.8, 4) is 0 Å². The van der Waals surface area contributed by atoms with E-state index in [0.29, 0.717) is 5.75 Å². The first-order chi connectivity index (χ1) is 7.52. The molecule has 1 aliphatic heterocycles. The summed E-state index contributed by atoms with van der Waals surface area (Å²) in [5.74, 6) is 0.704. The minimum absolute atomic E-state index is 0.118. The van der Waals surface area contributed by atoms with Crippen LogP contribution in [0.5, 0.6) is 0 Å². The van der Waals surface area contributed by atoms with Gasteiger partial charge in [0, 0.05) is 23.0 Å². The quantitative estimate of drug-likeness (QED) is 0.890. The third kappa shape index (κ3) is 2.44. The van der Waals surface area contributed by atoms with Gasteiger partial charge in [0.05, 0.1) is 16.5 Å². The molecule has 2 heterocycles. The maximum Gasteiger partial charge on any atom is 0.151 e. The first-order valence-corrected chi connectivity index (χ1v) is 7.99. The second-order valence-corrected chi connectivity index (χ2v) is 7.53. The second-order valence-electron chi connectivity index (χ2n) is 4.21. The van der Waals surface area contributed by atoms with Crippen LogP contribution in [0.15, 0.2) is 6.20 Å². The molecule has 1 N–H and O–H groups in total. The Morgan fingerprint density at radius 1 is 1.62 bits per heavy atom. The fraction of sp³-hybridized carbons (Fsp3) is 0.700.